The summed E-state index contributed by atoms with van der Waals surface area (Å²) in [6.07, 6.45) is -4.36. The van der Waals surface area contributed by atoms with E-state index in [1.54, 1.807) is 0 Å². The van der Waals surface area contributed by atoms with Gasteiger partial charge in [-0.05, 0) is 6.92 Å². The van der Waals surface area contributed by atoms with Gasteiger partial charge in [0.05, 0.1) is 12.4 Å². The molecule has 0 unspecified atom stereocenters. The predicted octanol–water partition coefficient (Wildman–Crippen LogP) is -2.90. The summed E-state index contributed by atoms with van der Waals surface area (Å²) in [6, 6.07) is 0. The Balaban J connectivity index is -0.00000162. The second-order valence-corrected chi connectivity index (χ2v) is 5.92. The average Bonchev–Trinajstić information content (AvgIpc) is 2.21. The van der Waals surface area contributed by atoms with Crippen molar-refractivity contribution in [3.8, 4) is 0 Å². The number of carbonyl (C=O) groups is 2. The number of nitrogens with zero attached hydrogens (tertiary/aromatic N) is 1. The van der Waals surface area contributed by atoms with Gasteiger partial charge >= 0.3 is 47.6 Å². The summed E-state index contributed by atoms with van der Waals surface area (Å²) >= 11 is 0. The topological polar surface area (TPSA) is 80.8 Å². The summed E-state index contributed by atoms with van der Waals surface area (Å²) in [5.41, 5.74) is 0. The molecule has 0 saturated carbocycles. The van der Waals surface area contributed by atoms with Crippen LogP contribution in [0.5, 0.6) is 0 Å². The Morgan fingerprint density at radius 3 is 2.15 bits per heavy atom. The predicted molar refractivity (Wildman–Crippen MR) is 60.1 cm³/mol. The maximum atomic E-state index is 12.3. The van der Waals surface area contributed by atoms with Crippen LogP contribution < -0.4 is 29.6 Å². The first kappa shape index (κ1) is 22.0. The molecule has 11 heteroatoms. The molecule has 0 aromatic heterocycles. The zero-order valence-corrected chi connectivity index (χ0v) is 14.2. The van der Waals surface area contributed by atoms with E-state index in [1.165, 1.54) is 6.92 Å². The molecule has 6 nitrogen and oxygen atoms in total. The number of sulfone groups is 1. The third-order valence-corrected chi connectivity index (χ3v) is 2.81. The maximum absolute atomic E-state index is 12.3. The van der Waals surface area contributed by atoms with E-state index >= 15 is 0 Å². The molecule has 0 radical (unpaired) electrons. The number of alkyl halides is 3. The summed E-state index contributed by atoms with van der Waals surface area (Å²) in [5, 5.41) is 0. The summed E-state index contributed by atoms with van der Waals surface area (Å²) in [4.78, 5) is 22.2. The van der Waals surface area contributed by atoms with Crippen molar-refractivity contribution in [3.63, 3.8) is 0 Å². The molecule has 1 amide bonds. The van der Waals surface area contributed by atoms with E-state index in [9.17, 15) is 31.2 Å². The fourth-order valence-electron chi connectivity index (χ4n) is 1.07. The zero-order chi connectivity index (χ0) is 15.3. The van der Waals surface area contributed by atoms with Gasteiger partial charge in [-0.25, -0.2) is 8.42 Å². The van der Waals surface area contributed by atoms with Crippen molar-refractivity contribution in [3.05, 3.63) is 0 Å². The number of hydrogen-bond acceptors (Lipinski definition) is 5. The molecule has 0 aliphatic rings. The monoisotopic (exact) mass is 329 g/mol. The van der Waals surface area contributed by atoms with Gasteiger partial charge in [-0.1, -0.05) is 0 Å². The van der Waals surface area contributed by atoms with E-state index in [0.29, 0.717) is 0 Å². The van der Waals surface area contributed by atoms with E-state index in [1.807, 2.05) is 0 Å². The van der Waals surface area contributed by atoms with Crippen molar-refractivity contribution in [1.82, 2.24) is 4.90 Å². The fraction of sp³-hybridized carbons (Fsp3) is 0.778. The van der Waals surface area contributed by atoms with Crippen LogP contribution in [0, 0.1) is 0 Å². The Kier molecular flexibility index (Phi) is 9.73. The SMILES string of the molecule is CCOC(=O)CN(CCS(C)(=O)=O)C(=O)C(F)(F)F.[H-].[Na+]. The number of ether oxygens (including phenoxy) is 1. The molecule has 0 aliphatic carbocycles. The number of esters is 1. The third kappa shape index (κ3) is 9.56. The van der Waals surface area contributed by atoms with E-state index < -0.39 is 46.7 Å². The minimum Gasteiger partial charge on any atom is -1.00 e. The number of hydrogen-bond donors (Lipinski definition) is 0. The molecule has 0 aliphatic heterocycles. The normalized spacial score (nSPS) is 11.4. The zero-order valence-electron chi connectivity index (χ0n) is 12.4. The van der Waals surface area contributed by atoms with Crippen LogP contribution in [0.3, 0.4) is 0 Å². The molecule has 0 spiro atoms. The minimum absolute atomic E-state index is 0. The number of carbonyl (C=O) groups excluding carboxylic acids is 2. The van der Waals surface area contributed by atoms with Crippen LogP contribution in [0.15, 0.2) is 0 Å². The van der Waals surface area contributed by atoms with Crippen LogP contribution in [-0.2, 0) is 24.2 Å². The third-order valence-electron chi connectivity index (χ3n) is 1.89. The molecule has 20 heavy (non-hydrogen) atoms. The van der Waals surface area contributed by atoms with Crippen LogP contribution in [0.4, 0.5) is 13.2 Å². The molecule has 0 aromatic carbocycles. The van der Waals surface area contributed by atoms with Gasteiger partial charge in [0, 0.05) is 12.8 Å². The van der Waals surface area contributed by atoms with Crippen LogP contribution in [0.25, 0.3) is 0 Å². The molecular weight excluding hydrogens is 314 g/mol. The Morgan fingerprint density at radius 1 is 1.30 bits per heavy atom. The molecule has 0 saturated heterocycles. The molecule has 0 N–H and O–H groups in total. The van der Waals surface area contributed by atoms with E-state index in [4.69, 9.17) is 0 Å². The Hall–Kier alpha value is -0.320. The summed E-state index contributed by atoms with van der Waals surface area (Å²) in [5.74, 6) is -3.98. The van der Waals surface area contributed by atoms with Crippen LogP contribution >= 0.6 is 0 Å². The van der Waals surface area contributed by atoms with Gasteiger partial charge in [0.1, 0.15) is 16.4 Å². The molecule has 0 atom stereocenters. The summed E-state index contributed by atoms with van der Waals surface area (Å²) in [7, 11) is -3.56. The van der Waals surface area contributed by atoms with Crippen molar-refractivity contribution in [2.45, 2.75) is 13.1 Å². The van der Waals surface area contributed by atoms with Gasteiger partial charge in [0.25, 0.3) is 0 Å². The smallest absolute Gasteiger partial charge is 1.00 e. The van der Waals surface area contributed by atoms with Gasteiger partial charge in [-0.3, -0.25) is 9.59 Å². The first-order valence-electron chi connectivity index (χ1n) is 5.16. The van der Waals surface area contributed by atoms with Gasteiger partial charge in [0.2, 0.25) is 0 Å². The van der Waals surface area contributed by atoms with Crippen LogP contribution in [-0.4, -0.2) is 63.1 Å². The standard InChI is InChI=1S/C9H14F3NO5S.Na.H/c1-3-18-7(14)6-13(4-5-19(2,16)17)8(15)9(10,11)12;;/h3-6H2,1-2H3;;/q;+1;-1. The number of halogens is 3. The van der Waals surface area contributed by atoms with E-state index in [-0.39, 0.29) is 42.5 Å². The van der Waals surface area contributed by atoms with Crippen molar-refractivity contribution in [2.75, 3.05) is 31.7 Å². The van der Waals surface area contributed by atoms with Gasteiger partial charge < -0.3 is 11.1 Å². The molecule has 114 valence electrons. The van der Waals surface area contributed by atoms with Crippen molar-refractivity contribution in [1.29, 1.82) is 0 Å². The Labute approximate surface area is 138 Å². The minimum atomic E-state index is -5.18. The molecule has 0 rings (SSSR count). The molecule has 0 bridgehead atoms. The van der Waals surface area contributed by atoms with E-state index in [2.05, 4.69) is 4.74 Å². The van der Waals surface area contributed by atoms with Crippen LogP contribution in [0.1, 0.15) is 8.35 Å². The second kappa shape index (κ2) is 8.85. The molecular formula is C9H15F3NNaO5S. The average molecular weight is 329 g/mol. The first-order valence-corrected chi connectivity index (χ1v) is 7.23. The van der Waals surface area contributed by atoms with Gasteiger partial charge in [0.15, 0.2) is 0 Å². The van der Waals surface area contributed by atoms with Crippen LogP contribution in [0.2, 0.25) is 0 Å². The van der Waals surface area contributed by atoms with Crippen molar-refractivity contribution >= 4 is 21.7 Å². The molecule has 0 fully saturated rings. The summed E-state index contributed by atoms with van der Waals surface area (Å²) in [6.45, 7) is -0.277. The molecule has 0 heterocycles. The fourth-order valence-corrected chi connectivity index (χ4v) is 1.62. The quantitative estimate of drug-likeness (QED) is 0.386. The number of amides is 1. The number of rotatable bonds is 6. The van der Waals surface area contributed by atoms with E-state index in [0.717, 1.165) is 6.26 Å². The van der Waals surface area contributed by atoms with Crippen molar-refractivity contribution < 1.29 is 66.9 Å². The van der Waals surface area contributed by atoms with Gasteiger partial charge in [-0.15, -0.1) is 0 Å². The Bertz CT molecular complexity index is 443. The maximum Gasteiger partial charge on any atom is 1.00 e. The Morgan fingerprint density at radius 2 is 1.80 bits per heavy atom. The second-order valence-electron chi connectivity index (χ2n) is 3.66. The van der Waals surface area contributed by atoms with Crippen molar-refractivity contribution in [2.24, 2.45) is 0 Å². The molecule has 0 aromatic rings. The van der Waals surface area contributed by atoms with Gasteiger partial charge in [-0.2, -0.15) is 13.2 Å². The largest absolute Gasteiger partial charge is 1.00 e. The summed E-state index contributed by atoms with van der Waals surface area (Å²) < 4.78 is 63.0. The first-order chi connectivity index (χ1) is 8.47.